The van der Waals surface area contributed by atoms with E-state index >= 15 is 0 Å². The second kappa shape index (κ2) is 7.07. The third-order valence-electron chi connectivity index (χ3n) is 2.57. The maximum atomic E-state index is 12.4. The van der Waals surface area contributed by atoms with E-state index in [4.69, 9.17) is 17.3 Å². The predicted molar refractivity (Wildman–Crippen MR) is 85.7 cm³/mol. The van der Waals surface area contributed by atoms with E-state index < -0.39 is 10.0 Å². The van der Waals surface area contributed by atoms with E-state index in [1.54, 1.807) is 30.3 Å². The van der Waals surface area contributed by atoms with Crippen LogP contribution in [0.2, 0.25) is 4.34 Å². The van der Waals surface area contributed by atoms with E-state index in [-0.39, 0.29) is 18.0 Å². The second-order valence-corrected chi connectivity index (χ2v) is 7.57. The van der Waals surface area contributed by atoms with Crippen LogP contribution in [0.3, 0.4) is 0 Å². The van der Waals surface area contributed by atoms with Crippen LogP contribution in [0.1, 0.15) is 10.4 Å². The van der Waals surface area contributed by atoms with Crippen LogP contribution in [-0.2, 0) is 16.6 Å². The number of halogens is 1. The van der Waals surface area contributed by atoms with E-state index in [2.05, 4.69) is 16.6 Å². The van der Waals surface area contributed by atoms with Crippen molar-refractivity contribution in [1.82, 2.24) is 4.72 Å². The maximum absolute atomic E-state index is 12.4. The molecule has 0 bridgehead atoms. The van der Waals surface area contributed by atoms with Crippen molar-refractivity contribution in [2.45, 2.75) is 11.4 Å². The molecular weight excluding hydrogens is 328 g/mol. The van der Waals surface area contributed by atoms with Gasteiger partial charge in [-0.05, 0) is 24.3 Å². The molecule has 3 N–H and O–H groups in total. The number of hydrogen-bond acceptors (Lipinski definition) is 4. The van der Waals surface area contributed by atoms with E-state index in [9.17, 15) is 8.42 Å². The quantitative estimate of drug-likeness (QED) is 0.838. The lowest BCUT2D eigenvalue weighted by molar-refractivity contribution is 0.581. The largest absolute Gasteiger partial charge is 0.320 e. The summed E-state index contributed by atoms with van der Waals surface area (Å²) in [6.45, 7) is 0.369. The Morgan fingerprint density at radius 1 is 1.24 bits per heavy atom. The summed E-state index contributed by atoms with van der Waals surface area (Å²) in [5, 5.41) is 0. The Kier molecular flexibility index (Phi) is 5.39. The monoisotopic (exact) mass is 340 g/mol. The van der Waals surface area contributed by atoms with Crippen LogP contribution in [0.4, 0.5) is 0 Å². The molecule has 0 spiro atoms. The predicted octanol–water partition coefficient (Wildman–Crippen LogP) is 2.19. The molecule has 0 amide bonds. The minimum Gasteiger partial charge on any atom is -0.320 e. The zero-order valence-electron chi connectivity index (χ0n) is 11.0. The zero-order chi connectivity index (χ0) is 15.3. The van der Waals surface area contributed by atoms with Gasteiger partial charge in [0.05, 0.1) is 15.8 Å². The molecular formula is C14H13ClN2O2S2. The Hall–Kier alpha value is -1.36. The summed E-state index contributed by atoms with van der Waals surface area (Å²) in [6, 6.07) is 10.1. The van der Waals surface area contributed by atoms with Gasteiger partial charge in [-0.15, -0.1) is 11.3 Å². The van der Waals surface area contributed by atoms with Gasteiger partial charge in [-0.1, -0.05) is 35.6 Å². The van der Waals surface area contributed by atoms with E-state index in [0.29, 0.717) is 9.90 Å². The molecule has 2 aromatic rings. The summed E-state index contributed by atoms with van der Waals surface area (Å²) in [4.78, 5) is 0.989. The molecule has 0 aliphatic heterocycles. The van der Waals surface area contributed by atoms with E-state index in [1.165, 1.54) is 17.4 Å². The van der Waals surface area contributed by atoms with E-state index in [1.807, 2.05) is 0 Å². The lowest BCUT2D eigenvalue weighted by atomic mass is 10.2. The Morgan fingerprint density at radius 2 is 2.00 bits per heavy atom. The van der Waals surface area contributed by atoms with Crippen molar-refractivity contribution < 1.29 is 8.42 Å². The van der Waals surface area contributed by atoms with Crippen LogP contribution in [-0.4, -0.2) is 15.0 Å². The van der Waals surface area contributed by atoms with Gasteiger partial charge in [0.2, 0.25) is 10.0 Å². The maximum Gasteiger partial charge on any atom is 0.242 e. The van der Waals surface area contributed by atoms with Crippen molar-refractivity contribution in [2.75, 3.05) is 6.54 Å². The molecule has 0 aliphatic rings. The fraction of sp³-hybridized carbons (Fsp3) is 0.143. The van der Waals surface area contributed by atoms with Crippen LogP contribution in [0.15, 0.2) is 41.3 Å². The standard InChI is InChI=1S/C14H13ClN2O2S2/c15-14-8-7-12(20-14)10-17-21(18,19)13-6-2-1-4-11(13)5-3-9-16/h1-2,4,6-8,17H,9-10,16H2. The van der Waals surface area contributed by atoms with Gasteiger partial charge < -0.3 is 5.73 Å². The lowest BCUT2D eigenvalue weighted by Crippen LogP contribution is -2.23. The molecule has 0 unspecified atom stereocenters. The minimum absolute atomic E-state index is 0.147. The van der Waals surface area contributed by atoms with Crippen LogP contribution in [0, 0.1) is 11.8 Å². The van der Waals surface area contributed by atoms with Gasteiger partial charge in [0, 0.05) is 17.0 Å². The Labute approximate surface area is 133 Å². The first kappa shape index (κ1) is 16.0. The van der Waals surface area contributed by atoms with Crippen LogP contribution in [0.5, 0.6) is 0 Å². The number of sulfonamides is 1. The van der Waals surface area contributed by atoms with Gasteiger partial charge in [-0.2, -0.15) is 0 Å². The second-order valence-electron chi connectivity index (χ2n) is 4.03. The van der Waals surface area contributed by atoms with Gasteiger partial charge in [0.1, 0.15) is 0 Å². The molecule has 0 atom stereocenters. The molecule has 1 aromatic heterocycles. The molecule has 0 fully saturated rings. The average molecular weight is 341 g/mol. The summed E-state index contributed by atoms with van der Waals surface area (Å²) in [5.74, 6) is 5.43. The van der Waals surface area contributed by atoms with Crippen LogP contribution >= 0.6 is 22.9 Å². The van der Waals surface area contributed by atoms with Crippen molar-refractivity contribution in [1.29, 1.82) is 0 Å². The topological polar surface area (TPSA) is 72.2 Å². The highest BCUT2D eigenvalue weighted by molar-refractivity contribution is 7.89. The highest BCUT2D eigenvalue weighted by atomic mass is 35.5. The molecule has 1 heterocycles. The lowest BCUT2D eigenvalue weighted by Gasteiger charge is -2.07. The number of nitrogens with one attached hydrogen (secondary N) is 1. The number of thiophene rings is 1. The molecule has 0 radical (unpaired) electrons. The van der Waals surface area contributed by atoms with Gasteiger partial charge in [-0.3, -0.25) is 0 Å². The SMILES string of the molecule is NCC#Cc1ccccc1S(=O)(=O)NCc1ccc(Cl)s1. The highest BCUT2D eigenvalue weighted by Crippen LogP contribution is 2.22. The molecule has 7 heteroatoms. The molecule has 2 rings (SSSR count). The smallest absolute Gasteiger partial charge is 0.242 e. The Bertz CT molecular complexity index is 789. The number of nitrogens with two attached hydrogens (primary N) is 1. The molecule has 0 aliphatic carbocycles. The molecule has 0 saturated heterocycles. The Balaban J connectivity index is 2.23. The third-order valence-corrected chi connectivity index (χ3v) is 5.26. The molecule has 110 valence electrons. The molecule has 0 saturated carbocycles. The summed E-state index contributed by atoms with van der Waals surface area (Å²) < 4.78 is 27.9. The first-order valence-electron chi connectivity index (χ1n) is 6.05. The summed E-state index contributed by atoms with van der Waals surface area (Å²) >= 11 is 7.16. The number of benzene rings is 1. The van der Waals surface area contributed by atoms with E-state index in [0.717, 1.165) is 4.88 Å². The fourth-order valence-electron chi connectivity index (χ4n) is 1.64. The van der Waals surface area contributed by atoms with Crippen LogP contribution in [0.25, 0.3) is 0 Å². The van der Waals surface area contributed by atoms with Gasteiger partial charge >= 0.3 is 0 Å². The van der Waals surface area contributed by atoms with Crippen molar-refractivity contribution >= 4 is 33.0 Å². The molecule has 21 heavy (non-hydrogen) atoms. The first-order chi connectivity index (χ1) is 10.0. The zero-order valence-corrected chi connectivity index (χ0v) is 13.4. The van der Waals surface area contributed by atoms with Gasteiger partial charge in [0.15, 0.2) is 0 Å². The summed E-state index contributed by atoms with van der Waals surface area (Å²) in [6.07, 6.45) is 0. The molecule has 4 nitrogen and oxygen atoms in total. The van der Waals surface area contributed by atoms with Crippen molar-refractivity contribution in [3.05, 3.63) is 51.2 Å². The van der Waals surface area contributed by atoms with Crippen molar-refractivity contribution in [3.63, 3.8) is 0 Å². The van der Waals surface area contributed by atoms with Gasteiger partial charge in [-0.25, -0.2) is 13.1 Å². The first-order valence-corrected chi connectivity index (χ1v) is 8.72. The highest BCUT2D eigenvalue weighted by Gasteiger charge is 2.17. The summed E-state index contributed by atoms with van der Waals surface area (Å²) in [7, 11) is -3.64. The fourth-order valence-corrected chi connectivity index (χ4v) is 3.93. The third kappa shape index (κ3) is 4.30. The van der Waals surface area contributed by atoms with Crippen LogP contribution < -0.4 is 10.5 Å². The van der Waals surface area contributed by atoms with Crippen molar-refractivity contribution in [3.8, 4) is 11.8 Å². The molecule has 1 aromatic carbocycles. The number of hydrogen-bond donors (Lipinski definition) is 2. The minimum atomic E-state index is -3.64. The Morgan fingerprint density at radius 3 is 2.67 bits per heavy atom. The van der Waals surface area contributed by atoms with Gasteiger partial charge in [0.25, 0.3) is 0 Å². The average Bonchev–Trinajstić information content (AvgIpc) is 2.89. The summed E-state index contributed by atoms with van der Waals surface area (Å²) in [5.41, 5.74) is 5.75. The van der Waals surface area contributed by atoms with Crippen molar-refractivity contribution in [2.24, 2.45) is 5.73 Å². The normalized spacial score (nSPS) is 11.0. The number of rotatable bonds is 4.